The quantitative estimate of drug-likeness (QED) is 0.924. The van der Waals surface area contributed by atoms with Gasteiger partial charge in [0, 0.05) is 11.1 Å². The van der Waals surface area contributed by atoms with E-state index in [1.165, 1.54) is 12.1 Å². The van der Waals surface area contributed by atoms with Crippen molar-refractivity contribution >= 4 is 17.6 Å². The molecule has 1 fully saturated rings. The zero-order valence-corrected chi connectivity index (χ0v) is 11.7. The lowest BCUT2D eigenvalue weighted by Crippen LogP contribution is -2.48. The Labute approximate surface area is 117 Å². The minimum atomic E-state index is -0.878. The highest BCUT2D eigenvalue weighted by Gasteiger charge is 2.45. The first-order valence-electron chi connectivity index (χ1n) is 6.31. The van der Waals surface area contributed by atoms with E-state index in [9.17, 15) is 14.3 Å². The maximum absolute atomic E-state index is 13.1. The summed E-state index contributed by atoms with van der Waals surface area (Å²) < 4.78 is 13.1. The Morgan fingerprint density at radius 3 is 2.84 bits per heavy atom. The zero-order valence-electron chi connectivity index (χ0n) is 11.0. The van der Waals surface area contributed by atoms with Crippen LogP contribution in [0.4, 0.5) is 4.39 Å². The van der Waals surface area contributed by atoms with E-state index < -0.39 is 11.5 Å². The molecule has 0 amide bonds. The number of benzene rings is 1. The lowest BCUT2D eigenvalue weighted by molar-refractivity contribution is -0.149. The Hall–Kier alpha value is -1.13. The van der Waals surface area contributed by atoms with Crippen LogP contribution < -0.4 is 0 Å². The minimum Gasteiger partial charge on any atom is -0.480 e. The third-order valence-electron chi connectivity index (χ3n) is 4.04. The van der Waals surface area contributed by atoms with Crippen molar-refractivity contribution in [1.82, 2.24) is 4.90 Å². The van der Waals surface area contributed by atoms with Gasteiger partial charge in [0.15, 0.2) is 0 Å². The van der Waals surface area contributed by atoms with Gasteiger partial charge in [-0.3, -0.25) is 9.69 Å². The van der Waals surface area contributed by atoms with Crippen LogP contribution in [-0.2, 0) is 4.79 Å². The van der Waals surface area contributed by atoms with E-state index in [2.05, 4.69) is 0 Å². The monoisotopic (exact) mass is 285 g/mol. The van der Waals surface area contributed by atoms with E-state index in [0.717, 1.165) is 12.0 Å². The molecular formula is C14H17ClFNO2. The average Bonchev–Trinajstić information content (AvgIpc) is 2.72. The van der Waals surface area contributed by atoms with E-state index in [1.807, 2.05) is 11.8 Å². The average molecular weight is 286 g/mol. The fourth-order valence-corrected chi connectivity index (χ4v) is 3.17. The molecule has 2 atom stereocenters. The molecule has 1 aliphatic rings. The van der Waals surface area contributed by atoms with Gasteiger partial charge in [0.25, 0.3) is 0 Å². The van der Waals surface area contributed by atoms with Gasteiger partial charge in [-0.1, -0.05) is 17.7 Å². The molecule has 104 valence electrons. The van der Waals surface area contributed by atoms with Crippen molar-refractivity contribution in [3.05, 3.63) is 34.6 Å². The first-order chi connectivity index (χ1) is 8.86. The maximum atomic E-state index is 13.1. The summed E-state index contributed by atoms with van der Waals surface area (Å²) in [5.74, 6) is -1.21. The molecule has 2 rings (SSSR count). The van der Waals surface area contributed by atoms with E-state index in [1.54, 1.807) is 13.0 Å². The Morgan fingerprint density at radius 1 is 1.58 bits per heavy atom. The van der Waals surface area contributed by atoms with Crippen molar-refractivity contribution in [3.8, 4) is 0 Å². The molecule has 0 aliphatic carbocycles. The molecule has 0 radical (unpaired) electrons. The second kappa shape index (κ2) is 5.10. The van der Waals surface area contributed by atoms with Gasteiger partial charge in [-0.05, 0) is 50.9 Å². The van der Waals surface area contributed by atoms with Crippen molar-refractivity contribution in [2.45, 2.75) is 38.3 Å². The van der Waals surface area contributed by atoms with E-state index in [4.69, 9.17) is 11.6 Å². The van der Waals surface area contributed by atoms with Gasteiger partial charge in [0.1, 0.15) is 11.4 Å². The second-order valence-corrected chi connectivity index (χ2v) is 5.62. The second-order valence-electron chi connectivity index (χ2n) is 5.22. The van der Waals surface area contributed by atoms with Crippen LogP contribution in [0.1, 0.15) is 38.3 Å². The molecule has 0 aromatic heterocycles. The number of rotatable bonds is 3. The third-order valence-corrected chi connectivity index (χ3v) is 4.36. The molecule has 0 bridgehead atoms. The van der Waals surface area contributed by atoms with Crippen molar-refractivity contribution in [1.29, 1.82) is 0 Å². The highest BCUT2D eigenvalue weighted by atomic mass is 35.5. The van der Waals surface area contributed by atoms with E-state index >= 15 is 0 Å². The van der Waals surface area contributed by atoms with Crippen LogP contribution in [0.25, 0.3) is 0 Å². The zero-order chi connectivity index (χ0) is 14.2. The molecule has 1 aromatic rings. The Bertz CT molecular complexity index is 508. The van der Waals surface area contributed by atoms with Crippen LogP contribution in [0.3, 0.4) is 0 Å². The fourth-order valence-electron chi connectivity index (χ4n) is 2.84. The highest BCUT2D eigenvalue weighted by molar-refractivity contribution is 6.31. The lowest BCUT2D eigenvalue weighted by atomic mass is 9.96. The van der Waals surface area contributed by atoms with Crippen LogP contribution in [0.15, 0.2) is 18.2 Å². The van der Waals surface area contributed by atoms with Crippen LogP contribution in [-0.4, -0.2) is 28.1 Å². The van der Waals surface area contributed by atoms with Crippen molar-refractivity contribution in [2.24, 2.45) is 0 Å². The van der Waals surface area contributed by atoms with Gasteiger partial charge in [-0.2, -0.15) is 0 Å². The van der Waals surface area contributed by atoms with Crippen molar-refractivity contribution in [2.75, 3.05) is 6.54 Å². The Kier molecular flexibility index (Phi) is 3.83. The number of halogens is 2. The molecule has 1 heterocycles. The smallest absolute Gasteiger partial charge is 0.323 e. The summed E-state index contributed by atoms with van der Waals surface area (Å²) in [6, 6.07) is 4.09. The lowest BCUT2D eigenvalue weighted by Gasteiger charge is -2.36. The fraction of sp³-hybridized carbons (Fsp3) is 0.500. The van der Waals surface area contributed by atoms with Gasteiger partial charge in [0.2, 0.25) is 0 Å². The standard InChI is InChI=1S/C14H17ClFNO2/c1-9(11-5-4-10(16)8-12(11)15)17-7-3-6-14(17,2)13(18)19/h4-5,8-9H,3,6-7H2,1-2H3,(H,18,19). The van der Waals surface area contributed by atoms with Crippen molar-refractivity contribution < 1.29 is 14.3 Å². The van der Waals surface area contributed by atoms with Crippen molar-refractivity contribution in [3.63, 3.8) is 0 Å². The van der Waals surface area contributed by atoms with Gasteiger partial charge >= 0.3 is 5.97 Å². The molecule has 3 nitrogen and oxygen atoms in total. The van der Waals surface area contributed by atoms with Gasteiger partial charge < -0.3 is 5.11 Å². The molecule has 1 aromatic carbocycles. The van der Waals surface area contributed by atoms with Crippen LogP contribution in [0.5, 0.6) is 0 Å². The minimum absolute atomic E-state index is 0.156. The molecule has 1 saturated heterocycles. The normalized spacial score (nSPS) is 25.5. The first kappa shape index (κ1) is 14.3. The molecule has 19 heavy (non-hydrogen) atoms. The molecule has 0 saturated carbocycles. The number of carbonyl (C=O) groups is 1. The number of carboxylic acids is 1. The molecule has 1 N–H and O–H groups in total. The van der Waals surface area contributed by atoms with Gasteiger partial charge in [-0.15, -0.1) is 0 Å². The Morgan fingerprint density at radius 2 is 2.26 bits per heavy atom. The summed E-state index contributed by atoms with van der Waals surface area (Å²) in [5, 5.41) is 9.76. The van der Waals surface area contributed by atoms with Gasteiger partial charge in [-0.25, -0.2) is 4.39 Å². The van der Waals surface area contributed by atoms with Gasteiger partial charge in [0.05, 0.1) is 0 Å². The van der Waals surface area contributed by atoms with E-state index in [0.29, 0.717) is 18.0 Å². The molecular weight excluding hydrogens is 269 g/mol. The number of aliphatic carboxylic acids is 1. The maximum Gasteiger partial charge on any atom is 0.323 e. The first-order valence-corrected chi connectivity index (χ1v) is 6.69. The summed E-state index contributed by atoms with van der Waals surface area (Å²) in [5.41, 5.74) is -0.116. The topological polar surface area (TPSA) is 40.5 Å². The summed E-state index contributed by atoms with van der Waals surface area (Å²) >= 11 is 6.06. The number of hydrogen-bond donors (Lipinski definition) is 1. The number of likely N-dealkylation sites (tertiary alicyclic amines) is 1. The Balaban J connectivity index is 2.33. The SMILES string of the molecule is CC(c1ccc(F)cc1Cl)N1CCCC1(C)C(=O)O. The summed E-state index contributed by atoms with van der Waals surface area (Å²) in [7, 11) is 0. The molecule has 1 aliphatic heterocycles. The molecule has 2 unspecified atom stereocenters. The predicted octanol–water partition coefficient (Wildman–Crippen LogP) is 3.48. The molecule has 0 spiro atoms. The predicted molar refractivity (Wildman–Crippen MR) is 71.8 cm³/mol. The van der Waals surface area contributed by atoms with Crippen LogP contribution in [0.2, 0.25) is 5.02 Å². The highest BCUT2D eigenvalue weighted by Crippen LogP contribution is 2.38. The summed E-state index contributed by atoms with van der Waals surface area (Å²) in [6.07, 6.45) is 1.46. The third kappa shape index (κ3) is 2.47. The largest absolute Gasteiger partial charge is 0.480 e. The van der Waals surface area contributed by atoms with Crippen LogP contribution >= 0.6 is 11.6 Å². The number of hydrogen-bond acceptors (Lipinski definition) is 2. The number of carboxylic acid groups (broad SMARTS) is 1. The van der Waals surface area contributed by atoms with Crippen LogP contribution in [0, 0.1) is 5.82 Å². The van der Waals surface area contributed by atoms with E-state index in [-0.39, 0.29) is 11.9 Å². The molecule has 5 heteroatoms. The summed E-state index contributed by atoms with van der Waals surface area (Å²) in [6.45, 7) is 4.35. The number of nitrogens with zero attached hydrogens (tertiary/aromatic N) is 1. The summed E-state index contributed by atoms with van der Waals surface area (Å²) in [4.78, 5) is 13.4.